The van der Waals surface area contributed by atoms with E-state index in [1.54, 1.807) is 31.4 Å². The lowest BCUT2D eigenvalue weighted by molar-refractivity contribution is -0.133. The van der Waals surface area contributed by atoms with Crippen LogP contribution in [-0.4, -0.2) is 69.1 Å². The number of nitrogens with one attached hydrogen (secondary N) is 2. The van der Waals surface area contributed by atoms with Crippen LogP contribution >= 0.6 is 0 Å². The van der Waals surface area contributed by atoms with E-state index < -0.39 is 6.04 Å². The second-order valence-electron chi connectivity index (χ2n) is 8.28. The molecule has 1 aromatic rings. The highest BCUT2D eigenvalue weighted by Gasteiger charge is 2.34. The Morgan fingerprint density at radius 3 is 2.48 bits per heavy atom. The maximum Gasteiger partial charge on any atom is 0.252 e. The lowest BCUT2D eigenvalue weighted by Crippen LogP contribution is -2.54. The predicted octanol–water partition coefficient (Wildman–Crippen LogP) is 1.84. The van der Waals surface area contributed by atoms with E-state index in [2.05, 4.69) is 10.6 Å². The van der Waals surface area contributed by atoms with E-state index >= 15 is 0 Å². The summed E-state index contributed by atoms with van der Waals surface area (Å²) in [4.78, 5) is 40.0. The molecule has 172 valence electrons. The van der Waals surface area contributed by atoms with Gasteiger partial charge in [0.1, 0.15) is 11.8 Å². The van der Waals surface area contributed by atoms with Gasteiger partial charge in [0.25, 0.3) is 5.91 Å². The Morgan fingerprint density at radius 2 is 1.87 bits per heavy atom. The van der Waals surface area contributed by atoms with Gasteiger partial charge in [-0.15, -0.1) is 0 Å². The van der Waals surface area contributed by atoms with Gasteiger partial charge in [-0.2, -0.15) is 0 Å². The Bertz CT molecular complexity index is 744. The summed E-state index contributed by atoms with van der Waals surface area (Å²) in [5.41, 5.74) is 0.429. The van der Waals surface area contributed by atoms with Crippen molar-refractivity contribution in [2.45, 2.75) is 39.2 Å². The fourth-order valence-corrected chi connectivity index (χ4v) is 3.73. The van der Waals surface area contributed by atoms with E-state index in [1.807, 2.05) is 18.7 Å². The number of rotatable bonds is 10. The summed E-state index contributed by atoms with van der Waals surface area (Å²) in [6, 6.07) is 6.14. The highest BCUT2D eigenvalue weighted by molar-refractivity contribution is 5.98. The van der Waals surface area contributed by atoms with Crippen molar-refractivity contribution < 1.29 is 23.9 Å². The standard InChI is InChI=1S/C23H35N3O5/c1-16(2)14-20(27)26-11-8-17(9-12-26)21(23(29)24-10-13-30-3)25-22(28)18-6-5-7-19(15-18)31-4/h5-7,15-17,21H,8-14H2,1-4H3,(H,24,29)(H,25,28). The zero-order chi connectivity index (χ0) is 22.8. The molecule has 31 heavy (non-hydrogen) atoms. The molecule has 0 radical (unpaired) electrons. The maximum absolute atomic E-state index is 12.9. The van der Waals surface area contributed by atoms with Crippen molar-refractivity contribution in [3.63, 3.8) is 0 Å². The second kappa shape index (κ2) is 12.3. The molecule has 2 rings (SSSR count). The molecule has 1 aromatic carbocycles. The van der Waals surface area contributed by atoms with E-state index in [-0.39, 0.29) is 23.6 Å². The first-order chi connectivity index (χ1) is 14.8. The van der Waals surface area contributed by atoms with Crippen LogP contribution in [-0.2, 0) is 14.3 Å². The molecule has 8 heteroatoms. The molecule has 1 fully saturated rings. The number of benzene rings is 1. The lowest BCUT2D eigenvalue weighted by Gasteiger charge is -2.36. The Hall–Kier alpha value is -2.61. The van der Waals surface area contributed by atoms with Crippen LogP contribution in [0.25, 0.3) is 0 Å². The number of carbonyl (C=O) groups is 3. The summed E-state index contributed by atoms with van der Waals surface area (Å²) in [6.07, 6.45) is 1.84. The van der Waals surface area contributed by atoms with E-state index in [1.165, 1.54) is 7.11 Å². The Kier molecular flexibility index (Phi) is 9.78. The number of carbonyl (C=O) groups excluding carboxylic acids is 3. The molecule has 1 heterocycles. The average Bonchev–Trinajstić information content (AvgIpc) is 2.77. The highest BCUT2D eigenvalue weighted by Crippen LogP contribution is 2.23. The number of methoxy groups -OCH3 is 2. The summed E-state index contributed by atoms with van der Waals surface area (Å²) < 4.78 is 10.2. The topological polar surface area (TPSA) is 97.0 Å². The van der Waals surface area contributed by atoms with Gasteiger partial charge in [-0.25, -0.2) is 0 Å². The monoisotopic (exact) mass is 433 g/mol. The number of amides is 3. The minimum atomic E-state index is -0.682. The van der Waals surface area contributed by atoms with Crippen LogP contribution in [0.15, 0.2) is 24.3 Å². The van der Waals surface area contributed by atoms with Crippen molar-refractivity contribution >= 4 is 17.7 Å². The molecule has 0 aliphatic carbocycles. The molecule has 1 aliphatic heterocycles. The Morgan fingerprint density at radius 1 is 1.16 bits per heavy atom. The first-order valence-corrected chi connectivity index (χ1v) is 10.8. The van der Waals surface area contributed by atoms with Crippen LogP contribution in [0.2, 0.25) is 0 Å². The van der Waals surface area contributed by atoms with Crippen molar-refractivity contribution in [3.8, 4) is 5.75 Å². The third-order valence-corrected chi connectivity index (χ3v) is 5.45. The fraction of sp³-hybridized carbons (Fsp3) is 0.609. The van der Waals surface area contributed by atoms with E-state index in [9.17, 15) is 14.4 Å². The van der Waals surface area contributed by atoms with Gasteiger partial charge in [-0.3, -0.25) is 14.4 Å². The van der Waals surface area contributed by atoms with Gasteiger partial charge in [0.2, 0.25) is 11.8 Å². The van der Waals surface area contributed by atoms with Crippen LogP contribution in [0.5, 0.6) is 5.75 Å². The summed E-state index contributed by atoms with van der Waals surface area (Å²) in [5.74, 6) is 0.414. The molecular weight excluding hydrogens is 398 g/mol. The van der Waals surface area contributed by atoms with Crippen LogP contribution in [0.4, 0.5) is 0 Å². The van der Waals surface area contributed by atoms with Crippen LogP contribution in [0, 0.1) is 11.8 Å². The second-order valence-corrected chi connectivity index (χ2v) is 8.28. The molecular formula is C23H35N3O5. The van der Waals surface area contributed by atoms with Crippen LogP contribution in [0.3, 0.4) is 0 Å². The number of likely N-dealkylation sites (tertiary alicyclic amines) is 1. The summed E-state index contributed by atoms with van der Waals surface area (Å²) in [7, 11) is 3.11. The van der Waals surface area contributed by atoms with Gasteiger partial charge in [-0.1, -0.05) is 19.9 Å². The average molecular weight is 434 g/mol. The molecule has 2 N–H and O–H groups in total. The minimum Gasteiger partial charge on any atom is -0.497 e. The molecule has 1 aliphatic rings. The largest absolute Gasteiger partial charge is 0.497 e. The fourth-order valence-electron chi connectivity index (χ4n) is 3.73. The minimum absolute atomic E-state index is 0.0554. The van der Waals surface area contributed by atoms with Gasteiger partial charge in [0.15, 0.2) is 0 Å². The van der Waals surface area contributed by atoms with Crippen molar-refractivity contribution in [2.75, 3.05) is 40.5 Å². The lowest BCUT2D eigenvalue weighted by atomic mass is 9.88. The summed E-state index contributed by atoms with van der Waals surface area (Å²) >= 11 is 0. The van der Waals surface area contributed by atoms with Crippen LogP contribution < -0.4 is 15.4 Å². The molecule has 0 saturated carbocycles. The molecule has 1 saturated heterocycles. The van der Waals surface area contributed by atoms with E-state index in [4.69, 9.17) is 9.47 Å². The number of hydrogen-bond acceptors (Lipinski definition) is 5. The van der Waals surface area contributed by atoms with Crippen molar-refractivity contribution in [2.24, 2.45) is 11.8 Å². The first kappa shape index (κ1) is 24.7. The molecule has 8 nitrogen and oxygen atoms in total. The number of hydrogen-bond donors (Lipinski definition) is 2. The smallest absolute Gasteiger partial charge is 0.252 e. The van der Waals surface area contributed by atoms with Gasteiger partial charge < -0.3 is 25.0 Å². The quantitative estimate of drug-likeness (QED) is 0.549. The van der Waals surface area contributed by atoms with Crippen molar-refractivity contribution in [1.29, 1.82) is 0 Å². The van der Waals surface area contributed by atoms with E-state index in [0.29, 0.717) is 62.7 Å². The van der Waals surface area contributed by atoms with Gasteiger partial charge >= 0.3 is 0 Å². The van der Waals surface area contributed by atoms with Crippen LogP contribution in [0.1, 0.15) is 43.5 Å². The van der Waals surface area contributed by atoms with E-state index in [0.717, 1.165) is 0 Å². The third kappa shape index (κ3) is 7.54. The molecule has 0 aromatic heterocycles. The molecule has 0 spiro atoms. The summed E-state index contributed by atoms with van der Waals surface area (Å²) in [6.45, 7) is 6.00. The Balaban J connectivity index is 2.07. The maximum atomic E-state index is 12.9. The zero-order valence-electron chi connectivity index (χ0n) is 19.0. The molecule has 1 atom stereocenters. The van der Waals surface area contributed by atoms with Gasteiger partial charge in [0.05, 0.1) is 13.7 Å². The predicted molar refractivity (Wildman–Crippen MR) is 118 cm³/mol. The first-order valence-electron chi connectivity index (χ1n) is 10.8. The van der Waals surface area contributed by atoms with Gasteiger partial charge in [0, 0.05) is 38.7 Å². The molecule has 1 unspecified atom stereocenters. The number of ether oxygens (including phenoxy) is 2. The molecule has 3 amide bonds. The summed E-state index contributed by atoms with van der Waals surface area (Å²) in [5, 5.41) is 5.74. The number of piperidine rings is 1. The third-order valence-electron chi connectivity index (χ3n) is 5.45. The molecule has 0 bridgehead atoms. The number of nitrogens with zero attached hydrogens (tertiary/aromatic N) is 1. The van der Waals surface area contributed by atoms with Gasteiger partial charge in [-0.05, 0) is 42.9 Å². The SMILES string of the molecule is COCCNC(=O)C(NC(=O)c1cccc(OC)c1)C1CCN(C(=O)CC(C)C)CC1. The normalized spacial score (nSPS) is 15.5. The highest BCUT2D eigenvalue weighted by atomic mass is 16.5. The van der Waals surface area contributed by atoms with Crippen molar-refractivity contribution in [3.05, 3.63) is 29.8 Å². The van der Waals surface area contributed by atoms with Crippen molar-refractivity contribution in [1.82, 2.24) is 15.5 Å². The Labute approximate surface area is 184 Å². The zero-order valence-corrected chi connectivity index (χ0v) is 19.0.